The van der Waals surface area contributed by atoms with E-state index in [0.717, 1.165) is 26.4 Å². The number of nitrogens with one attached hydrogen (secondary N) is 1. The molecule has 0 fully saturated rings. The van der Waals surface area contributed by atoms with Gasteiger partial charge < -0.3 is 4.52 Å². The topological polar surface area (TPSA) is 138 Å². The Balaban J connectivity index is 2.73. The van der Waals surface area contributed by atoms with Gasteiger partial charge in [-0.15, -0.1) is 0 Å². The summed E-state index contributed by atoms with van der Waals surface area (Å²) in [7, 11) is -6.36. The van der Waals surface area contributed by atoms with Gasteiger partial charge in [-0.05, 0) is 20.8 Å². The molecule has 11 nitrogen and oxygen atoms in total. The molecule has 2 unspecified atom stereocenters. The molecule has 25 heavy (non-hydrogen) atoms. The lowest BCUT2D eigenvalue weighted by Gasteiger charge is -2.30. The third-order valence-electron chi connectivity index (χ3n) is 2.97. The van der Waals surface area contributed by atoms with Crippen molar-refractivity contribution in [1.82, 2.24) is 10.4 Å². The molecule has 0 bridgehead atoms. The summed E-state index contributed by atoms with van der Waals surface area (Å²) in [5.74, 6) is -2.33. The van der Waals surface area contributed by atoms with Gasteiger partial charge in [0, 0.05) is 26.4 Å². The molecule has 2 atom stereocenters. The molecule has 0 saturated carbocycles. The van der Waals surface area contributed by atoms with Crippen molar-refractivity contribution in [3.05, 3.63) is 12.2 Å². The Morgan fingerprint density at radius 3 is 2.04 bits per heavy atom. The first-order valence-electron chi connectivity index (χ1n) is 6.91. The van der Waals surface area contributed by atoms with Crippen molar-refractivity contribution in [1.29, 1.82) is 0 Å². The maximum absolute atomic E-state index is 12.6. The van der Waals surface area contributed by atoms with E-state index in [1.165, 1.54) is 20.8 Å². The lowest BCUT2D eigenvalue weighted by atomic mass is 10.3. The zero-order valence-corrected chi connectivity index (χ0v) is 16.2. The third-order valence-corrected chi connectivity index (χ3v) is 7.51. The predicted octanol–water partition coefficient (Wildman–Crippen LogP) is 1.37. The fraction of sp³-hybridized carbons (Fsp3) is 0.583. The Labute approximate surface area is 144 Å². The third kappa shape index (κ3) is 5.31. The van der Waals surface area contributed by atoms with Crippen LogP contribution in [0.5, 0.6) is 0 Å². The summed E-state index contributed by atoms with van der Waals surface area (Å²) in [5.41, 5.74) is 1.74. The molecular weight excluding hydrogens is 378 g/mol. The molecule has 1 rings (SSSR count). The lowest BCUT2D eigenvalue weighted by molar-refractivity contribution is -0.143. The average molecular weight is 398 g/mol. The van der Waals surface area contributed by atoms with E-state index in [0.29, 0.717) is 4.90 Å². The number of nitrogens with zero attached hydrogens (tertiary/aromatic N) is 1. The first-order chi connectivity index (χ1) is 11.4. The number of carbonyl (C=O) groups is 3. The molecule has 142 valence electrons. The second kappa shape index (κ2) is 7.90. The Kier molecular flexibility index (Phi) is 6.86. The number of phosphoric acid groups is 1. The molecule has 1 heterocycles. The number of imide groups is 1. The highest BCUT2D eigenvalue weighted by molar-refractivity contribution is 7.65. The SMILES string of the molecule is COP(=O)(ONC(=O)CN1C(=O)C=CC1=O)OP(=O)(OC)C(C)(C)C. The number of rotatable bonds is 8. The minimum atomic E-state index is -4.49. The molecule has 1 N–H and O–H groups in total. The number of hydroxylamine groups is 1. The summed E-state index contributed by atoms with van der Waals surface area (Å²) in [6, 6.07) is 0. The molecule has 1 aliphatic heterocycles. The molecule has 1 aliphatic rings. The van der Waals surface area contributed by atoms with E-state index in [1.807, 2.05) is 0 Å². The van der Waals surface area contributed by atoms with Crippen LogP contribution < -0.4 is 5.48 Å². The van der Waals surface area contributed by atoms with Crippen molar-refractivity contribution in [2.24, 2.45) is 0 Å². The summed E-state index contributed by atoms with van der Waals surface area (Å²) in [6.07, 6.45) is 2.00. The van der Waals surface area contributed by atoms with Gasteiger partial charge in [0.25, 0.3) is 17.7 Å². The number of amides is 3. The van der Waals surface area contributed by atoms with Gasteiger partial charge in [0.2, 0.25) is 0 Å². The molecule has 13 heteroatoms. The summed E-state index contributed by atoms with van der Waals surface area (Å²) in [5, 5.41) is -1.05. The van der Waals surface area contributed by atoms with Gasteiger partial charge in [0.15, 0.2) is 0 Å². The molecule has 3 amide bonds. The van der Waals surface area contributed by atoms with Crippen molar-refractivity contribution in [3.63, 3.8) is 0 Å². The van der Waals surface area contributed by atoms with Gasteiger partial charge in [-0.1, -0.05) is 0 Å². The van der Waals surface area contributed by atoms with Crippen molar-refractivity contribution >= 4 is 33.1 Å². The quantitative estimate of drug-likeness (QED) is 0.365. The van der Waals surface area contributed by atoms with Crippen molar-refractivity contribution < 1.29 is 41.5 Å². The molecule has 0 saturated heterocycles. The van der Waals surface area contributed by atoms with Crippen LogP contribution in [0.2, 0.25) is 0 Å². The van der Waals surface area contributed by atoms with Crippen LogP contribution in [0.1, 0.15) is 20.8 Å². The maximum Gasteiger partial charge on any atom is 0.503 e. The summed E-state index contributed by atoms with van der Waals surface area (Å²) in [4.78, 5) is 35.1. The number of hydrogen-bond donors (Lipinski definition) is 1. The zero-order valence-electron chi connectivity index (χ0n) is 14.4. The Bertz CT molecular complexity index is 665. The molecule has 0 aromatic carbocycles. The number of carbonyl (C=O) groups excluding carboxylic acids is 3. The van der Waals surface area contributed by atoms with E-state index in [4.69, 9.17) is 8.83 Å². The van der Waals surface area contributed by atoms with Gasteiger partial charge in [0.05, 0.1) is 5.16 Å². The van der Waals surface area contributed by atoms with Crippen LogP contribution in [0.3, 0.4) is 0 Å². The van der Waals surface area contributed by atoms with Gasteiger partial charge in [-0.25, -0.2) is 14.4 Å². The smallest absolute Gasteiger partial charge is 0.311 e. The fourth-order valence-corrected chi connectivity index (χ4v) is 5.05. The van der Waals surface area contributed by atoms with E-state index < -0.39 is 44.8 Å². The molecule has 0 aliphatic carbocycles. The second-order valence-corrected chi connectivity index (χ2v) is 10.6. The Morgan fingerprint density at radius 1 is 1.12 bits per heavy atom. The van der Waals surface area contributed by atoms with Crippen LogP contribution in [-0.2, 0) is 41.5 Å². The molecule has 0 aromatic rings. The molecule has 0 aromatic heterocycles. The summed E-state index contributed by atoms with van der Waals surface area (Å²) in [6.45, 7) is 3.89. The van der Waals surface area contributed by atoms with Gasteiger partial charge in [-0.3, -0.25) is 28.4 Å². The Hall–Kier alpha value is -1.35. The summed E-state index contributed by atoms with van der Waals surface area (Å²) < 4.78 is 43.9. The summed E-state index contributed by atoms with van der Waals surface area (Å²) >= 11 is 0. The standard InChI is InChI=1S/C12H20N2O9P2/c1-12(2,3)24(18,20-4)23-25(19,21-5)22-13-9(15)8-14-10(16)6-7-11(14)17/h6-7H,8H2,1-5H3,(H,13,15). The molecule has 0 spiro atoms. The van der Waals surface area contributed by atoms with Crippen LogP contribution in [0.25, 0.3) is 0 Å². The van der Waals surface area contributed by atoms with E-state index in [9.17, 15) is 23.5 Å². The van der Waals surface area contributed by atoms with Crippen LogP contribution in [0.15, 0.2) is 12.2 Å². The fourth-order valence-electron chi connectivity index (χ4n) is 1.52. The van der Waals surface area contributed by atoms with E-state index in [1.54, 1.807) is 5.48 Å². The van der Waals surface area contributed by atoms with Gasteiger partial charge in [-0.2, -0.15) is 4.62 Å². The predicted molar refractivity (Wildman–Crippen MR) is 85.2 cm³/mol. The van der Waals surface area contributed by atoms with Crippen molar-refractivity contribution in [2.75, 3.05) is 20.8 Å². The first-order valence-corrected chi connectivity index (χ1v) is 9.92. The Morgan fingerprint density at radius 2 is 1.64 bits per heavy atom. The van der Waals surface area contributed by atoms with Crippen LogP contribution >= 0.6 is 15.4 Å². The highest BCUT2D eigenvalue weighted by Gasteiger charge is 2.47. The maximum atomic E-state index is 12.6. The highest BCUT2D eigenvalue weighted by atomic mass is 31.3. The van der Waals surface area contributed by atoms with Gasteiger partial charge in [0.1, 0.15) is 6.54 Å². The second-order valence-electron chi connectivity index (χ2n) is 5.77. The van der Waals surface area contributed by atoms with Crippen LogP contribution in [0, 0.1) is 0 Å². The zero-order chi connectivity index (χ0) is 19.5. The minimum Gasteiger partial charge on any atom is -0.311 e. The first kappa shape index (κ1) is 21.7. The lowest BCUT2D eigenvalue weighted by Crippen LogP contribution is -2.40. The normalized spacial score (nSPS) is 19.6. The molecule has 0 radical (unpaired) electrons. The van der Waals surface area contributed by atoms with Crippen molar-refractivity contribution in [3.8, 4) is 0 Å². The number of hydrogen-bond acceptors (Lipinski definition) is 9. The van der Waals surface area contributed by atoms with E-state index >= 15 is 0 Å². The monoisotopic (exact) mass is 398 g/mol. The van der Waals surface area contributed by atoms with Crippen molar-refractivity contribution in [2.45, 2.75) is 25.9 Å². The van der Waals surface area contributed by atoms with Gasteiger partial charge >= 0.3 is 15.4 Å². The van der Waals surface area contributed by atoms with E-state index in [-0.39, 0.29) is 0 Å². The van der Waals surface area contributed by atoms with E-state index in [2.05, 4.69) is 9.15 Å². The van der Waals surface area contributed by atoms with Crippen LogP contribution in [0.4, 0.5) is 0 Å². The highest BCUT2D eigenvalue weighted by Crippen LogP contribution is 2.70. The molecular formula is C12H20N2O9P2. The minimum absolute atomic E-state index is 0.631. The van der Waals surface area contributed by atoms with Crippen LogP contribution in [-0.4, -0.2) is 48.5 Å². The average Bonchev–Trinajstić information content (AvgIpc) is 2.83. The largest absolute Gasteiger partial charge is 0.503 e.